The number of benzene rings is 2. The second kappa shape index (κ2) is 5.44. The number of nitrogens with one attached hydrogen (secondary N) is 2. The largest absolute Gasteiger partial charge is 0.494 e. The first-order valence-electron chi connectivity index (χ1n) is 6.66. The van der Waals surface area contributed by atoms with Gasteiger partial charge in [-0.3, -0.25) is 4.79 Å². The molecule has 1 unspecified atom stereocenters. The number of rotatable bonds is 3. The molecule has 0 radical (unpaired) electrons. The van der Waals surface area contributed by atoms with Gasteiger partial charge in [0.15, 0.2) is 11.6 Å². The predicted molar refractivity (Wildman–Crippen MR) is 79.1 cm³/mol. The molecule has 2 aromatic carbocycles. The highest BCUT2D eigenvalue weighted by Gasteiger charge is 2.26. The van der Waals surface area contributed by atoms with E-state index in [-0.39, 0.29) is 17.7 Å². The summed E-state index contributed by atoms with van der Waals surface area (Å²) in [6.07, 6.45) is 0.626. The van der Waals surface area contributed by atoms with Crippen molar-refractivity contribution in [3.63, 3.8) is 0 Å². The van der Waals surface area contributed by atoms with Gasteiger partial charge in [-0.05, 0) is 23.8 Å². The summed E-state index contributed by atoms with van der Waals surface area (Å²) >= 11 is 0. The van der Waals surface area contributed by atoms with Gasteiger partial charge in [0.1, 0.15) is 6.04 Å². The molecule has 3 rings (SSSR count). The third-order valence-corrected chi connectivity index (χ3v) is 3.51. The van der Waals surface area contributed by atoms with Gasteiger partial charge < -0.3 is 15.4 Å². The van der Waals surface area contributed by atoms with Crippen LogP contribution in [0.3, 0.4) is 0 Å². The van der Waals surface area contributed by atoms with Gasteiger partial charge in [0.05, 0.1) is 7.11 Å². The van der Waals surface area contributed by atoms with Gasteiger partial charge in [-0.25, -0.2) is 4.39 Å². The molecule has 0 fully saturated rings. The van der Waals surface area contributed by atoms with Gasteiger partial charge >= 0.3 is 0 Å². The molecule has 0 aromatic heterocycles. The fourth-order valence-electron chi connectivity index (χ4n) is 2.43. The van der Waals surface area contributed by atoms with Crippen molar-refractivity contribution in [1.82, 2.24) is 0 Å². The minimum absolute atomic E-state index is 0.152. The number of anilines is 2. The maximum Gasteiger partial charge on any atom is 0.247 e. The maximum atomic E-state index is 13.6. The van der Waals surface area contributed by atoms with E-state index in [4.69, 9.17) is 4.74 Å². The van der Waals surface area contributed by atoms with Gasteiger partial charge in [-0.15, -0.1) is 0 Å². The predicted octanol–water partition coefficient (Wildman–Crippen LogP) is 2.81. The summed E-state index contributed by atoms with van der Waals surface area (Å²) < 4.78 is 18.4. The average Bonchev–Trinajstić information content (AvgIpc) is 2.91. The Morgan fingerprint density at radius 1 is 1.33 bits per heavy atom. The van der Waals surface area contributed by atoms with Gasteiger partial charge in [0.25, 0.3) is 0 Å². The van der Waals surface area contributed by atoms with Crippen LogP contribution in [0.25, 0.3) is 0 Å². The summed E-state index contributed by atoms with van der Waals surface area (Å²) in [5, 5.41) is 5.88. The first-order chi connectivity index (χ1) is 10.2. The first kappa shape index (κ1) is 13.4. The molecular weight excluding hydrogens is 271 g/mol. The van der Waals surface area contributed by atoms with Crippen molar-refractivity contribution >= 4 is 17.3 Å². The summed E-state index contributed by atoms with van der Waals surface area (Å²) in [6.45, 7) is 0. The molecule has 5 heteroatoms. The second-order valence-electron chi connectivity index (χ2n) is 4.90. The summed E-state index contributed by atoms with van der Waals surface area (Å²) in [5.41, 5.74) is 2.49. The molecule has 4 nitrogen and oxygen atoms in total. The summed E-state index contributed by atoms with van der Waals surface area (Å²) in [5.74, 6) is -0.534. The molecule has 1 aliphatic heterocycles. The van der Waals surface area contributed by atoms with E-state index in [2.05, 4.69) is 10.6 Å². The average molecular weight is 286 g/mol. The maximum absolute atomic E-state index is 13.6. The van der Waals surface area contributed by atoms with Gasteiger partial charge in [0, 0.05) is 23.9 Å². The van der Waals surface area contributed by atoms with Crippen LogP contribution in [0, 0.1) is 5.82 Å². The number of para-hydroxylation sites is 1. The molecule has 1 heterocycles. The Bertz CT molecular complexity index is 663. The van der Waals surface area contributed by atoms with Gasteiger partial charge in [-0.2, -0.15) is 0 Å². The van der Waals surface area contributed by atoms with E-state index in [0.29, 0.717) is 12.1 Å². The topological polar surface area (TPSA) is 50.4 Å². The van der Waals surface area contributed by atoms with E-state index in [1.165, 1.54) is 19.2 Å². The highest BCUT2D eigenvalue weighted by Crippen LogP contribution is 2.26. The molecule has 108 valence electrons. The van der Waals surface area contributed by atoms with Crippen molar-refractivity contribution < 1.29 is 13.9 Å². The first-order valence-corrected chi connectivity index (χ1v) is 6.66. The van der Waals surface area contributed by atoms with E-state index < -0.39 is 5.82 Å². The van der Waals surface area contributed by atoms with Crippen molar-refractivity contribution in [3.8, 4) is 5.75 Å². The van der Waals surface area contributed by atoms with Crippen LogP contribution in [0.2, 0.25) is 0 Å². The fraction of sp³-hybridized carbons (Fsp3) is 0.188. The number of fused-ring (bicyclic) bond motifs is 1. The van der Waals surface area contributed by atoms with E-state index >= 15 is 0 Å². The Balaban J connectivity index is 1.69. The Morgan fingerprint density at radius 2 is 2.14 bits per heavy atom. The van der Waals surface area contributed by atoms with Crippen LogP contribution < -0.4 is 15.4 Å². The third-order valence-electron chi connectivity index (χ3n) is 3.51. The smallest absolute Gasteiger partial charge is 0.247 e. The molecule has 0 spiro atoms. The molecule has 1 atom stereocenters. The minimum Gasteiger partial charge on any atom is -0.494 e. The van der Waals surface area contributed by atoms with Crippen LogP contribution >= 0.6 is 0 Å². The zero-order valence-corrected chi connectivity index (χ0v) is 11.5. The molecule has 2 N–H and O–H groups in total. The van der Waals surface area contributed by atoms with E-state index in [9.17, 15) is 9.18 Å². The SMILES string of the molecule is COc1ccc(NC(=O)C2Cc3ccccc3N2)cc1F. The van der Waals surface area contributed by atoms with Crippen molar-refractivity contribution in [2.45, 2.75) is 12.5 Å². The second-order valence-corrected chi connectivity index (χ2v) is 4.90. The Kier molecular flexibility index (Phi) is 3.48. The van der Waals surface area contributed by atoms with E-state index in [0.717, 1.165) is 11.3 Å². The highest BCUT2D eigenvalue weighted by molar-refractivity contribution is 5.98. The highest BCUT2D eigenvalue weighted by atomic mass is 19.1. The number of carbonyl (C=O) groups excluding carboxylic acids is 1. The number of carbonyl (C=O) groups is 1. The molecular formula is C16H15FN2O2. The van der Waals surface area contributed by atoms with Crippen LogP contribution in [0.5, 0.6) is 5.75 Å². The number of amides is 1. The Hall–Kier alpha value is -2.56. The summed E-state index contributed by atoms with van der Waals surface area (Å²) in [7, 11) is 1.40. The van der Waals surface area contributed by atoms with Crippen molar-refractivity contribution in [2.24, 2.45) is 0 Å². The summed E-state index contributed by atoms with van der Waals surface area (Å²) in [6, 6.07) is 11.8. The van der Waals surface area contributed by atoms with Crippen molar-refractivity contribution in [1.29, 1.82) is 0 Å². The third kappa shape index (κ3) is 2.67. The standard InChI is InChI=1S/C16H15FN2O2/c1-21-15-7-6-11(9-12(15)17)18-16(20)14-8-10-4-2-3-5-13(10)19-14/h2-7,9,14,19H,8H2,1H3,(H,18,20). The number of methoxy groups -OCH3 is 1. The number of ether oxygens (including phenoxy) is 1. The molecule has 0 aliphatic carbocycles. The Labute approximate surface area is 121 Å². The number of hydrogen-bond donors (Lipinski definition) is 2. The van der Waals surface area contributed by atoms with E-state index in [1.54, 1.807) is 6.07 Å². The van der Waals surface area contributed by atoms with Crippen LogP contribution in [0.4, 0.5) is 15.8 Å². The monoisotopic (exact) mass is 286 g/mol. The van der Waals surface area contributed by atoms with Crippen LogP contribution in [-0.2, 0) is 11.2 Å². The summed E-state index contributed by atoms with van der Waals surface area (Å²) in [4.78, 5) is 12.2. The lowest BCUT2D eigenvalue weighted by Gasteiger charge is -2.12. The molecule has 0 bridgehead atoms. The lowest BCUT2D eigenvalue weighted by atomic mass is 10.1. The molecule has 21 heavy (non-hydrogen) atoms. The van der Waals surface area contributed by atoms with Crippen molar-refractivity contribution in [3.05, 3.63) is 53.8 Å². The van der Waals surface area contributed by atoms with Gasteiger partial charge in [-0.1, -0.05) is 18.2 Å². The van der Waals surface area contributed by atoms with Crippen molar-refractivity contribution in [2.75, 3.05) is 17.7 Å². The number of hydrogen-bond acceptors (Lipinski definition) is 3. The number of halogens is 1. The molecule has 1 aliphatic rings. The van der Waals surface area contributed by atoms with E-state index in [1.807, 2.05) is 24.3 Å². The normalized spacial score (nSPS) is 16.0. The quantitative estimate of drug-likeness (QED) is 0.912. The molecule has 2 aromatic rings. The molecule has 0 saturated heterocycles. The van der Waals surface area contributed by atoms with Crippen LogP contribution in [-0.4, -0.2) is 19.1 Å². The van der Waals surface area contributed by atoms with Crippen LogP contribution in [0.1, 0.15) is 5.56 Å². The van der Waals surface area contributed by atoms with Gasteiger partial charge in [0.2, 0.25) is 5.91 Å². The van der Waals surface area contributed by atoms with Crippen LogP contribution in [0.15, 0.2) is 42.5 Å². The zero-order valence-electron chi connectivity index (χ0n) is 11.5. The lowest BCUT2D eigenvalue weighted by Crippen LogP contribution is -2.32. The molecule has 0 saturated carbocycles. The molecule has 1 amide bonds. The minimum atomic E-state index is -0.502. The fourth-order valence-corrected chi connectivity index (χ4v) is 2.43. The Morgan fingerprint density at radius 3 is 2.86 bits per heavy atom. The zero-order chi connectivity index (χ0) is 14.8. The lowest BCUT2D eigenvalue weighted by molar-refractivity contribution is -0.116.